The van der Waals surface area contributed by atoms with E-state index in [2.05, 4.69) is 0 Å². The van der Waals surface area contributed by atoms with Crippen LogP contribution in [0, 0.1) is 11.3 Å². The lowest BCUT2D eigenvalue weighted by Crippen LogP contribution is -2.18. The smallest absolute Gasteiger partial charge is 0.146 e. The maximum atomic E-state index is 9.08. The van der Waals surface area contributed by atoms with Crippen LogP contribution in [0.4, 0.5) is 0 Å². The van der Waals surface area contributed by atoms with Gasteiger partial charge in [-0.3, -0.25) is 0 Å². The van der Waals surface area contributed by atoms with Crippen LogP contribution < -0.4 is 0 Å². The molecule has 0 aliphatic heterocycles. The van der Waals surface area contributed by atoms with Gasteiger partial charge in [-0.2, -0.15) is 10.3 Å². The van der Waals surface area contributed by atoms with Gasteiger partial charge in [0.2, 0.25) is 0 Å². The topological polar surface area (TPSA) is 47.3 Å². The zero-order valence-electron chi connectivity index (χ0n) is 6.81. The van der Waals surface area contributed by atoms with Crippen molar-refractivity contribution in [2.24, 2.45) is 0 Å². The summed E-state index contributed by atoms with van der Waals surface area (Å²) in [5, 5.41) is 18.7. The Morgan fingerprint density at radius 3 is 2.42 bits per heavy atom. The van der Waals surface area contributed by atoms with E-state index in [4.69, 9.17) is 10.5 Å². The van der Waals surface area contributed by atoms with Crippen molar-refractivity contribution < 1.29 is 5.21 Å². The number of nitrogens with zero attached hydrogens (tertiary/aromatic N) is 2. The molecular formula is C9H10N2O. The molecule has 0 heterocycles. The molecule has 0 aliphatic carbocycles. The van der Waals surface area contributed by atoms with Gasteiger partial charge in [0.05, 0.1) is 6.07 Å². The number of hydrogen-bond acceptors (Lipinski definition) is 3. The van der Waals surface area contributed by atoms with Crippen LogP contribution in [0.15, 0.2) is 30.3 Å². The minimum atomic E-state index is -0.578. The minimum Gasteiger partial charge on any atom is -0.313 e. The summed E-state index contributed by atoms with van der Waals surface area (Å²) in [5.41, 5.74) is 0.796. The first-order chi connectivity index (χ1) is 5.75. The molecule has 0 aromatic heterocycles. The van der Waals surface area contributed by atoms with Crippen LogP contribution >= 0.6 is 0 Å². The fourth-order valence-electron chi connectivity index (χ4n) is 1.01. The molecule has 1 N–H and O–H groups in total. The van der Waals surface area contributed by atoms with E-state index in [0.717, 1.165) is 10.6 Å². The molecule has 3 heteroatoms. The Bertz CT molecular complexity index is 276. The van der Waals surface area contributed by atoms with Crippen molar-refractivity contribution in [3.05, 3.63) is 35.9 Å². The van der Waals surface area contributed by atoms with E-state index in [1.54, 1.807) is 12.1 Å². The van der Waals surface area contributed by atoms with Gasteiger partial charge in [0.1, 0.15) is 6.04 Å². The van der Waals surface area contributed by atoms with E-state index in [9.17, 15) is 0 Å². The number of benzene rings is 1. The van der Waals surface area contributed by atoms with E-state index in [0.29, 0.717) is 0 Å². The van der Waals surface area contributed by atoms with E-state index in [1.807, 2.05) is 24.3 Å². The zero-order chi connectivity index (χ0) is 8.97. The molecule has 1 aromatic carbocycles. The van der Waals surface area contributed by atoms with E-state index in [1.165, 1.54) is 7.05 Å². The molecular weight excluding hydrogens is 152 g/mol. The number of hydroxylamine groups is 2. The maximum Gasteiger partial charge on any atom is 0.146 e. The molecule has 0 spiro atoms. The van der Waals surface area contributed by atoms with Gasteiger partial charge in [0, 0.05) is 7.05 Å². The average molecular weight is 162 g/mol. The van der Waals surface area contributed by atoms with Crippen LogP contribution in [0.3, 0.4) is 0 Å². The van der Waals surface area contributed by atoms with Crippen LogP contribution in [0.1, 0.15) is 11.6 Å². The van der Waals surface area contributed by atoms with Crippen LogP contribution in [0.5, 0.6) is 0 Å². The second kappa shape index (κ2) is 3.86. The van der Waals surface area contributed by atoms with Crippen molar-refractivity contribution in [3.8, 4) is 6.07 Å². The SMILES string of the molecule is CN(O)[C@H](C#N)c1ccccc1. The molecule has 12 heavy (non-hydrogen) atoms. The zero-order valence-corrected chi connectivity index (χ0v) is 6.81. The first-order valence-electron chi connectivity index (χ1n) is 3.62. The summed E-state index contributed by atoms with van der Waals surface area (Å²) in [7, 11) is 1.46. The Hall–Kier alpha value is -1.37. The lowest BCUT2D eigenvalue weighted by atomic mass is 10.1. The second-order valence-electron chi connectivity index (χ2n) is 2.52. The minimum absolute atomic E-state index is 0.578. The van der Waals surface area contributed by atoms with Gasteiger partial charge in [-0.1, -0.05) is 30.3 Å². The van der Waals surface area contributed by atoms with Gasteiger partial charge in [0.25, 0.3) is 0 Å². The van der Waals surface area contributed by atoms with Crippen LogP contribution in [-0.4, -0.2) is 17.3 Å². The standard InChI is InChI=1S/C9H10N2O/c1-11(12)9(7-10)8-5-3-2-4-6-8/h2-6,9,12H,1H3/t9-/m1/s1. The van der Waals surface area contributed by atoms with E-state index >= 15 is 0 Å². The third-order valence-electron chi connectivity index (χ3n) is 1.61. The van der Waals surface area contributed by atoms with Crippen molar-refractivity contribution in [1.82, 2.24) is 5.06 Å². The van der Waals surface area contributed by atoms with Gasteiger partial charge in [-0.05, 0) is 5.56 Å². The Morgan fingerprint density at radius 1 is 1.42 bits per heavy atom. The molecule has 0 radical (unpaired) electrons. The van der Waals surface area contributed by atoms with Gasteiger partial charge in [0.15, 0.2) is 0 Å². The van der Waals surface area contributed by atoms with Crippen LogP contribution in [0.25, 0.3) is 0 Å². The van der Waals surface area contributed by atoms with Crippen LogP contribution in [0.2, 0.25) is 0 Å². The first kappa shape index (κ1) is 8.72. The largest absolute Gasteiger partial charge is 0.313 e. The van der Waals surface area contributed by atoms with Crippen molar-refractivity contribution >= 4 is 0 Å². The third kappa shape index (κ3) is 1.82. The third-order valence-corrected chi connectivity index (χ3v) is 1.61. The predicted octanol–water partition coefficient (Wildman–Crippen LogP) is 1.57. The normalized spacial score (nSPS) is 12.5. The van der Waals surface area contributed by atoms with Gasteiger partial charge in [-0.25, -0.2) is 0 Å². The Labute approximate surface area is 71.4 Å². The summed E-state index contributed by atoms with van der Waals surface area (Å²) in [6, 6.07) is 10.6. The summed E-state index contributed by atoms with van der Waals surface area (Å²) < 4.78 is 0. The van der Waals surface area contributed by atoms with Crippen molar-refractivity contribution in [2.45, 2.75) is 6.04 Å². The van der Waals surface area contributed by atoms with Gasteiger partial charge in [-0.15, -0.1) is 0 Å². The van der Waals surface area contributed by atoms with Crippen molar-refractivity contribution in [2.75, 3.05) is 7.05 Å². The first-order valence-corrected chi connectivity index (χ1v) is 3.62. The lowest BCUT2D eigenvalue weighted by Gasteiger charge is -2.14. The van der Waals surface area contributed by atoms with Gasteiger partial charge < -0.3 is 5.21 Å². The van der Waals surface area contributed by atoms with E-state index < -0.39 is 6.04 Å². The van der Waals surface area contributed by atoms with Crippen LogP contribution in [-0.2, 0) is 0 Å². The molecule has 0 fully saturated rings. The summed E-state index contributed by atoms with van der Waals surface area (Å²) in [6.07, 6.45) is 0. The second-order valence-corrected chi connectivity index (χ2v) is 2.52. The van der Waals surface area contributed by atoms with Crippen molar-refractivity contribution in [3.63, 3.8) is 0 Å². The fourth-order valence-corrected chi connectivity index (χ4v) is 1.01. The average Bonchev–Trinajstić information content (AvgIpc) is 2.07. The Morgan fingerprint density at radius 2 is 2.00 bits per heavy atom. The fraction of sp³-hybridized carbons (Fsp3) is 0.222. The lowest BCUT2D eigenvalue weighted by molar-refractivity contribution is -0.0871. The molecule has 0 unspecified atom stereocenters. The Kier molecular flexibility index (Phi) is 2.81. The number of hydrogen-bond donors (Lipinski definition) is 1. The maximum absolute atomic E-state index is 9.08. The highest BCUT2D eigenvalue weighted by molar-refractivity contribution is 5.23. The summed E-state index contributed by atoms with van der Waals surface area (Å²) in [6.45, 7) is 0. The number of rotatable bonds is 2. The molecule has 0 aliphatic rings. The molecule has 1 rings (SSSR count). The van der Waals surface area contributed by atoms with E-state index in [-0.39, 0.29) is 0 Å². The highest BCUT2D eigenvalue weighted by atomic mass is 16.5. The molecule has 0 saturated carbocycles. The summed E-state index contributed by atoms with van der Waals surface area (Å²) in [4.78, 5) is 0. The highest BCUT2D eigenvalue weighted by Crippen LogP contribution is 2.15. The van der Waals surface area contributed by atoms with Gasteiger partial charge >= 0.3 is 0 Å². The highest BCUT2D eigenvalue weighted by Gasteiger charge is 2.12. The molecule has 62 valence electrons. The predicted molar refractivity (Wildman–Crippen MR) is 44.3 cm³/mol. The summed E-state index contributed by atoms with van der Waals surface area (Å²) >= 11 is 0. The van der Waals surface area contributed by atoms with Crippen molar-refractivity contribution in [1.29, 1.82) is 5.26 Å². The Balaban J connectivity index is 2.90. The molecule has 0 saturated heterocycles. The number of nitriles is 1. The molecule has 1 aromatic rings. The monoisotopic (exact) mass is 162 g/mol. The molecule has 3 nitrogen and oxygen atoms in total. The molecule has 1 atom stereocenters. The summed E-state index contributed by atoms with van der Waals surface area (Å²) in [5.74, 6) is 0. The molecule has 0 amide bonds. The quantitative estimate of drug-likeness (QED) is 0.671. The molecule has 0 bridgehead atoms.